The average Bonchev–Trinajstić information content (AvgIpc) is 2.28. The zero-order valence-electron chi connectivity index (χ0n) is 10.6. The fourth-order valence-electron chi connectivity index (χ4n) is 2.01. The summed E-state index contributed by atoms with van der Waals surface area (Å²) in [7, 11) is 0. The molecule has 2 rings (SSSR count). The van der Waals surface area contributed by atoms with Crippen LogP contribution in [0.5, 0.6) is 5.75 Å². The van der Waals surface area contributed by atoms with E-state index in [2.05, 4.69) is 11.4 Å². The van der Waals surface area contributed by atoms with Crippen LogP contribution in [0.4, 0.5) is 5.69 Å². The molecule has 0 fully saturated rings. The number of nitrogens with one attached hydrogen (secondary N) is 1. The van der Waals surface area contributed by atoms with Gasteiger partial charge in [-0.05, 0) is 38.3 Å². The summed E-state index contributed by atoms with van der Waals surface area (Å²) in [6, 6.07) is 6.16. The van der Waals surface area contributed by atoms with Crippen LogP contribution in [0.2, 0.25) is 0 Å². The second-order valence-electron chi connectivity index (χ2n) is 5.23. The quantitative estimate of drug-likeness (QED) is 0.843. The lowest BCUT2D eigenvalue weighted by Gasteiger charge is -2.22. The predicted octanol–water partition coefficient (Wildman–Crippen LogP) is 2.58. The van der Waals surface area contributed by atoms with Gasteiger partial charge in [0.05, 0.1) is 17.9 Å². The third-order valence-corrected chi connectivity index (χ3v) is 3.01. The molecule has 1 aliphatic heterocycles. The van der Waals surface area contributed by atoms with E-state index in [0.29, 0.717) is 13.0 Å². The molecule has 0 aromatic heterocycles. The van der Waals surface area contributed by atoms with Gasteiger partial charge < -0.3 is 15.2 Å². The van der Waals surface area contributed by atoms with Crippen LogP contribution in [0, 0.1) is 0 Å². The van der Waals surface area contributed by atoms with Gasteiger partial charge in [0.15, 0.2) is 0 Å². The molecule has 1 aliphatic rings. The van der Waals surface area contributed by atoms with E-state index in [-0.39, 0.29) is 0 Å². The minimum atomic E-state index is -0.664. The molecule has 0 saturated carbocycles. The van der Waals surface area contributed by atoms with Gasteiger partial charge in [0.2, 0.25) is 0 Å². The van der Waals surface area contributed by atoms with E-state index in [1.54, 1.807) is 13.8 Å². The number of hydrogen-bond donors (Lipinski definition) is 2. The van der Waals surface area contributed by atoms with Crippen molar-refractivity contribution < 1.29 is 9.84 Å². The first-order chi connectivity index (χ1) is 8.06. The van der Waals surface area contributed by atoms with E-state index >= 15 is 0 Å². The smallest absolute Gasteiger partial charge is 0.142 e. The lowest BCUT2D eigenvalue weighted by molar-refractivity contribution is 0.0554. The molecule has 0 spiro atoms. The van der Waals surface area contributed by atoms with Gasteiger partial charge in [-0.2, -0.15) is 0 Å². The summed E-state index contributed by atoms with van der Waals surface area (Å²) in [6.07, 6.45) is 2.93. The third kappa shape index (κ3) is 3.37. The Kier molecular flexibility index (Phi) is 3.57. The van der Waals surface area contributed by atoms with Crippen molar-refractivity contribution in [3.8, 4) is 5.75 Å². The Balaban J connectivity index is 2.01. The fourth-order valence-corrected chi connectivity index (χ4v) is 2.01. The minimum absolute atomic E-state index is 0.543. The summed E-state index contributed by atoms with van der Waals surface area (Å²) in [4.78, 5) is 0. The van der Waals surface area contributed by atoms with Crippen LogP contribution < -0.4 is 10.1 Å². The van der Waals surface area contributed by atoms with Crippen LogP contribution in [-0.2, 0) is 6.42 Å². The summed E-state index contributed by atoms with van der Waals surface area (Å²) in [5.41, 5.74) is 1.80. The van der Waals surface area contributed by atoms with Crippen molar-refractivity contribution in [3.63, 3.8) is 0 Å². The highest BCUT2D eigenvalue weighted by atomic mass is 16.5. The summed E-state index contributed by atoms with van der Waals surface area (Å²) in [5.74, 6) is 0.909. The fraction of sp³-hybridized carbons (Fsp3) is 0.571. The van der Waals surface area contributed by atoms with Crippen LogP contribution in [-0.4, -0.2) is 23.9 Å². The molecule has 0 radical (unpaired) electrons. The molecule has 0 bridgehead atoms. The Morgan fingerprint density at radius 3 is 3.00 bits per heavy atom. The molecule has 94 valence electrons. The van der Waals surface area contributed by atoms with Gasteiger partial charge in [-0.15, -0.1) is 0 Å². The number of ether oxygens (including phenoxy) is 1. The number of anilines is 1. The second kappa shape index (κ2) is 4.96. The Labute approximate surface area is 103 Å². The van der Waals surface area contributed by atoms with Gasteiger partial charge >= 0.3 is 0 Å². The Morgan fingerprint density at radius 1 is 1.41 bits per heavy atom. The molecule has 1 aromatic carbocycles. The maximum absolute atomic E-state index is 9.64. The van der Waals surface area contributed by atoms with E-state index in [0.717, 1.165) is 24.4 Å². The lowest BCUT2D eigenvalue weighted by Crippen LogP contribution is -2.22. The zero-order chi connectivity index (χ0) is 12.3. The van der Waals surface area contributed by atoms with E-state index in [1.165, 1.54) is 12.0 Å². The average molecular weight is 235 g/mol. The normalized spacial score (nSPS) is 15.0. The summed E-state index contributed by atoms with van der Waals surface area (Å²) < 4.78 is 5.76. The second-order valence-corrected chi connectivity index (χ2v) is 5.23. The lowest BCUT2D eigenvalue weighted by atomic mass is 10.0. The molecule has 0 aliphatic carbocycles. The third-order valence-electron chi connectivity index (χ3n) is 3.01. The first-order valence-electron chi connectivity index (χ1n) is 6.27. The van der Waals surface area contributed by atoms with Gasteiger partial charge in [-0.25, -0.2) is 0 Å². The van der Waals surface area contributed by atoms with E-state index in [9.17, 15) is 5.11 Å². The van der Waals surface area contributed by atoms with Gasteiger partial charge in [-0.3, -0.25) is 0 Å². The van der Waals surface area contributed by atoms with E-state index in [1.807, 2.05) is 12.1 Å². The molecule has 17 heavy (non-hydrogen) atoms. The van der Waals surface area contributed by atoms with Gasteiger partial charge in [-0.1, -0.05) is 12.1 Å². The summed E-state index contributed by atoms with van der Waals surface area (Å²) in [5, 5.41) is 13.0. The van der Waals surface area contributed by atoms with Crippen molar-refractivity contribution in [1.29, 1.82) is 0 Å². The molecule has 3 nitrogen and oxygen atoms in total. The molecule has 3 heteroatoms. The summed E-state index contributed by atoms with van der Waals surface area (Å²) in [6.45, 7) is 5.16. The molecule has 0 unspecified atom stereocenters. The van der Waals surface area contributed by atoms with Gasteiger partial charge in [0.25, 0.3) is 0 Å². The molecule has 1 aromatic rings. The standard InChI is InChI=1S/C14H21NO2/c1-14(2,16)8-10-17-12-7-3-5-11-6-4-9-15-13(11)12/h3,5,7,15-16H,4,6,8-10H2,1-2H3. The topological polar surface area (TPSA) is 41.5 Å². The van der Waals surface area contributed by atoms with Crippen molar-refractivity contribution in [2.75, 3.05) is 18.5 Å². The van der Waals surface area contributed by atoms with Gasteiger partial charge in [0, 0.05) is 13.0 Å². The maximum Gasteiger partial charge on any atom is 0.142 e. The molecule has 0 amide bonds. The number of aliphatic hydroxyl groups is 1. The van der Waals surface area contributed by atoms with Crippen molar-refractivity contribution in [2.24, 2.45) is 0 Å². The maximum atomic E-state index is 9.64. The highest BCUT2D eigenvalue weighted by molar-refractivity contribution is 5.63. The number of hydrogen-bond acceptors (Lipinski definition) is 3. The molecule has 1 heterocycles. The molecular weight excluding hydrogens is 214 g/mol. The predicted molar refractivity (Wildman–Crippen MR) is 69.7 cm³/mol. The van der Waals surface area contributed by atoms with E-state index < -0.39 is 5.60 Å². The molecule has 0 saturated heterocycles. The summed E-state index contributed by atoms with van der Waals surface area (Å²) >= 11 is 0. The monoisotopic (exact) mass is 235 g/mol. The van der Waals surface area contributed by atoms with Gasteiger partial charge in [0.1, 0.15) is 5.75 Å². The highest BCUT2D eigenvalue weighted by Gasteiger charge is 2.15. The number of rotatable bonds is 4. The first-order valence-corrected chi connectivity index (χ1v) is 6.27. The van der Waals surface area contributed by atoms with Crippen LogP contribution >= 0.6 is 0 Å². The van der Waals surface area contributed by atoms with Crippen molar-refractivity contribution >= 4 is 5.69 Å². The van der Waals surface area contributed by atoms with Crippen molar-refractivity contribution in [2.45, 2.75) is 38.7 Å². The van der Waals surface area contributed by atoms with Crippen LogP contribution in [0.1, 0.15) is 32.3 Å². The largest absolute Gasteiger partial charge is 0.491 e. The van der Waals surface area contributed by atoms with Crippen molar-refractivity contribution in [3.05, 3.63) is 23.8 Å². The number of aryl methyl sites for hydroxylation is 1. The minimum Gasteiger partial charge on any atom is -0.491 e. The molecule has 2 N–H and O–H groups in total. The van der Waals surface area contributed by atoms with Crippen LogP contribution in [0.25, 0.3) is 0 Å². The number of benzene rings is 1. The number of para-hydroxylation sites is 1. The van der Waals surface area contributed by atoms with Crippen LogP contribution in [0.15, 0.2) is 18.2 Å². The first kappa shape index (κ1) is 12.2. The van der Waals surface area contributed by atoms with Crippen molar-refractivity contribution in [1.82, 2.24) is 0 Å². The van der Waals surface area contributed by atoms with Crippen LogP contribution in [0.3, 0.4) is 0 Å². The van der Waals surface area contributed by atoms with E-state index in [4.69, 9.17) is 4.74 Å². The Bertz CT molecular complexity index is 382. The molecular formula is C14H21NO2. The Morgan fingerprint density at radius 2 is 2.24 bits per heavy atom. The number of fused-ring (bicyclic) bond motifs is 1. The highest BCUT2D eigenvalue weighted by Crippen LogP contribution is 2.32. The zero-order valence-corrected chi connectivity index (χ0v) is 10.6. The molecule has 0 atom stereocenters. The Hall–Kier alpha value is -1.22. The SMILES string of the molecule is CC(C)(O)CCOc1cccc2c1NCCC2.